The molecule has 0 spiro atoms. The number of carbonyl (C=O) groups excluding carboxylic acids is 2. The zero-order chi connectivity index (χ0) is 23.5. The Kier molecular flexibility index (Phi) is 10.7. The lowest BCUT2D eigenvalue weighted by molar-refractivity contribution is -0.143. The second kappa shape index (κ2) is 13.2. The lowest BCUT2D eigenvalue weighted by Crippen LogP contribution is -2.51. The minimum Gasteiger partial charge on any atom is -0.379 e. The zero-order valence-corrected chi connectivity index (χ0v) is 20.3. The smallest absolute Gasteiger partial charge is 0.243 e. The van der Waals surface area contributed by atoms with Crippen LogP contribution in [0.5, 0.6) is 0 Å². The Balaban J connectivity index is 2.23. The number of nitrogens with zero attached hydrogens (tertiary/aromatic N) is 1. The topological polar surface area (TPSA) is 58.6 Å². The molecule has 5 nitrogen and oxygen atoms in total. The predicted octanol–water partition coefficient (Wildman–Crippen LogP) is 4.87. The van der Waals surface area contributed by atoms with Gasteiger partial charge in [0.2, 0.25) is 11.8 Å². The van der Waals surface area contributed by atoms with E-state index in [1.165, 1.54) is 0 Å². The van der Waals surface area contributed by atoms with Gasteiger partial charge in [0.05, 0.1) is 6.10 Å². The Morgan fingerprint density at radius 1 is 0.969 bits per heavy atom. The van der Waals surface area contributed by atoms with Crippen LogP contribution in [0.4, 0.5) is 0 Å². The third-order valence-corrected chi connectivity index (χ3v) is 5.32. The summed E-state index contributed by atoms with van der Waals surface area (Å²) < 4.78 is 5.56. The number of rotatable bonds is 12. The maximum Gasteiger partial charge on any atom is 0.243 e. The van der Waals surface area contributed by atoms with Gasteiger partial charge < -0.3 is 15.0 Å². The van der Waals surface area contributed by atoms with Gasteiger partial charge in [-0.15, -0.1) is 0 Å². The maximum absolute atomic E-state index is 13.3. The van der Waals surface area contributed by atoms with Crippen molar-refractivity contribution < 1.29 is 14.3 Å². The van der Waals surface area contributed by atoms with Crippen LogP contribution in [0.25, 0.3) is 0 Å². The molecule has 1 atom stereocenters. The van der Waals surface area contributed by atoms with Crippen molar-refractivity contribution in [3.8, 4) is 0 Å². The molecule has 0 aliphatic rings. The molecule has 1 N–H and O–H groups in total. The number of halogens is 1. The van der Waals surface area contributed by atoms with Gasteiger partial charge in [-0.05, 0) is 43.5 Å². The number of benzene rings is 2. The van der Waals surface area contributed by atoms with Gasteiger partial charge in [0.15, 0.2) is 0 Å². The van der Waals surface area contributed by atoms with Crippen molar-refractivity contribution in [1.29, 1.82) is 0 Å². The highest BCUT2D eigenvalue weighted by atomic mass is 35.5. The monoisotopic (exact) mass is 458 g/mol. The van der Waals surface area contributed by atoms with Crippen LogP contribution < -0.4 is 5.32 Å². The molecule has 0 heterocycles. The SMILES string of the molecule is CC(C)OCCCNC(=O)[C@@H](Cc1ccccc1)N(Cc1ccc(Cl)cc1)C(=O)C(C)C. The van der Waals surface area contributed by atoms with E-state index in [2.05, 4.69) is 5.32 Å². The third-order valence-electron chi connectivity index (χ3n) is 5.07. The first-order valence-electron chi connectivity index (χ1n) is 11.3. The van der Waals surface area contributed by atoms with Crippen molar-refractivity contribution in [2.75, 3.05) is 13.2 Å². The van der Waals surface area contributed by atoms with Crippen molar-refractivity contribution in [3.05, 3.63) is 70.7 Å². The summed E-state index contributed by atoms with van der Waals surface area (Å²) >= 11 is 6.03. The maximum atomic E-state index is 13.3. The molecule has 0 aromatic heterocycles. The molecule has 0 aliphatic carbocycles. The van der Waals surface area contributed by atoms with E-state index >= 15 is 0 Å². The van der Waals surface area contributed by atoms with Crippen LogP contribution in [0.15, 0.2) is 54.6 Å². The highest BCUT2D eigenvalue weighted by Gasteiger charge is 2.31. The Bertz CT molecular complexity index is 838. The Morgan fingerprint density at radius 3 is 2.22 bits per heavy atom. The molecule has 0 aliphatic heterocycles. The normalized spacial score (nSPS) is 12.1. The minimum absolute atomic E-state index is 0.0563. The van der Waals surface area contributed by atoms with E-state index in [1.807, 2.05) is 70.2 Å². The molecule has 0 unspecified atom stereocenters. The summed E-state index contributed by atoms with van der Waals surface area (Å²) in [5.41, 5.74) is 1.94. The van der Waals surface area contributed by atoms with Gasteiger partial charge in [-0.3, -0.25) is 9.59 Å². The average molecular weight is 459 g/mol. The van der Waals surface area contributed by atoms with Gasteiger partial charge >= 0.3 is 0 Å². The molecule has 2 amide bonds. The third kappa shape index (κ3) is 8.64. The van der Waals surface area contributed by atoms with Crippen LogP contribution in [0.2, 0.25) is 5.02 Å². The average Bonchev–Trinajstić information content (AvgIpc) is 2.77. The van der Waals surface area contributed by atoms with Crippen LogP contribution in [0, 0.1) is 5.92 Å². The lowest BCUT2D eigenvalue weighted by atomic mass is 10.0. The number of carbonyl (C=O) groups is 2. The van der Waals surface area contributed by atoms with Crippen LogP contribution in [0.3, 0.4) is 0 Å². The largest absolute Gasteiger partial charge is 0.379 e. The molecular weight excluding hydrogens is 424 g/mol. The summed E-state index contributed by atoms with van der Waals surface area (Å²) in [5, 5.41) is 3.65. The van der Waals surface area contributed by atoms with Crippen molar-refractivity contribution in [2.45, 2.75) is 59.2 Å². The minimum atomic E-state index is -0.617. The molecule has 0 saturated heterocycles. The molecule has 0 fully saturated rings. The van der Waals surface area contributed by atoms with Crippen molar-refractivity contribution in [3.63, 3.8) is 0 Å². The molecular formula is C26H35ClN2O3. The Morgan fingerprint density at radius 2 is 1.62 bits per heavy atom. The summed E-state index contributed by atoms with van der Waals surface area (Å²) in [5.74, 6) is -0.437. The van der Waals surface area contributed by atoms with E-state index in [4.69, 9.17) is 16.3 Å². The molecule has 2 aromatic carbocycles. The Labute approximate surface area is 197 Å². The fourth-order valence-electron chi connectivity index (χ4n) is 3.36. The number of hydrogen-bond acceptors (Lipinski definition) is 3. The summed E-state index contributed by atoms with van der Waals surface area (Å²) in [6.45, 7) is 9.12. The molecule has 0 radical (unpaired) electrons. The number of amides is 2. The number of ether oxygens (including phenoxy) is 1. The van der Waals surface area contributed by atoms with Crippen molar-refractivity contribution in [1.82, 2.24) is 10.2 Å². The second-order valence-corrected chi connectivity index (χ2v) is 8.95. The summed E-state index contributed by atoms with van der Waals surface area (Å²) in [6.07, 6.45) is 1.33. The fraction of sp³-hybridized carbons (Fsp3) is 0.462. The highest BCUT2D eigenvalue weighted by Crippen LogP contribution is 2.18. The zero-order valence-electron chi connectivity index (χ0n) is 19.5. The second-order valence-electron chi connectivity index (χ2n) is 8.52. The van der Waals surface area contributed by atoms with Gasteiger partial charge in [-0.1, -0.05) is 67.9 Å². The summed E-state index contributed by atoms with van der Waals surface area (Å²) in [6, 6.07) is 16.6. The standard InChI is InChI=1S/C26H35ClN2O3/c1-19(2)26(31)29(18-22-11-13-23(27)14-12-22)24(17-21-9-6-5-7-10-21)25(30)28-15-8-16-32-20(3)4/h5-7,9-14,19-20,24H,8,15-18H2,1-4H3,(H,28,30)/t24-/m1/s1. The predicted molar refractivity (Wildman–Crippen MR) is 129 cm³/mol. The first kappa shape index (κ1) is 25.9. The van der Waals surface area contributed by atoms with E-state index in [0.717, 1.165) is 17.5 Å². The summed E-state index contributed by atoms with van der Waals surface area (Å²) in [7, 11) is 0. The fourth-order valence-corrected chi connectivity index (χ4v) is 3.49. The van der Waals surface area contributed by atoms with Crippen molar-refractivity contribution >= 4 is 23.4 Å². The molecule has 6 heteroatoms. The van der Waals surface area contributed by atoms with Crippen molar-refractivity contribution in [2.24, 2.45) is 5.92 Å². The van der Waals surface area contributed by atoms with Gasteiger partial charge in [0.25, 0.3) is 0 Å². The van der Waals surface area contributed by atoms with Gasteiger partial charge in [-0.2, -0.15) is 0 Å². The molecule has 2 rings (SSSR count). The first-order valence-corrected chi connectivity index (χ1v) is 11.6. The van der Waals surface area contributed by atoms with E-state index < -0.39 is 6.04 Å². The molecule has 174 valence electrons. The molecule has 0 bridgehead atoms. The van der Waals surface area contributed by atoms with Crippen LogP contribution >= 0.6 is 11.6 Å². The molecule has 0 saturated carbocycles. The van der Waals surface area contributed by atoms with E-state index in [1.54, 1.807) is 17.0 Å². The first-order chi connectivity index (χ1) is 15.3. The van der Waals surface area contributed by atoms with E-state index in [9.17, 15) is 9.59 Å². The van der Waals surface area contributed by atoms with Gasteiger partial charge in [-0.25, -0.2) is 0 Å². The van der Waals surface area contributed by atoms with Gasteiger partial charge in [0, 0.05) is 37.1 Å². The van der Waals surface area contributed by atoms with E-state index in [0.29, 0.717) is 31.1 Å². The number of nitrogens with one attached hydrogen (secondary N) is 1. The Hall–Kier alpha value is -2.37. The van der Waals surface area contributed by atoms with Crippen LogP contribution in [-0.4, -0.2) is 42.0 Å². The summed E-state index contributed by atoms with van der Waals surface area (Å²) in [4.78, 5) is 28.2. The highest BCUT2D eigenvalue weighted by molar-refractivity contribution is 6.30. The quantitative estimate of drug-likeness (QED) is 0.462. The van der Waals surface area contributed by atoms with E-state index in [-0.39, 0.29) is 23.8 Å². The lowest BCUT2D eigenvalue weighted by Gasteiger charge is -2.33. The molecule has 32 heavy (non-hydrogen) atoms. The van der Waals surface area contributed by atoms with Crippen LogP contribution in [-0.2, 0) is 27.3 Å². The number of hydrogen-bond donors (Lipinski definition) is 1. The van der Waals surface area contributed by atoms with Crippen LogP contribution in [0.1, 0.15) is 45.2 Å². The van der Waals surface area contributed by atoms with Gasteiger partial charge in [0.1, 0.15) is 6.04 Å². The molecule has 2 aromatic rings.